The van der Waals surface area contributed by atoms with Crippen LogP contribution < -0.4 is 5.32 Å². The van der Waals surface area contributed by atoms with Gasteiger partial charge in [0.15, 0.2) is 0 Å². The summed E-state index contributed by atoms with van der Waals surface area (Å²) in [6.45, 7) is 6.90. The van der Waals surface area contributed by atoms with Gasteiger partial charge in [-0.15, -0.1) is 0 Å². The number of thioether (sulfide) groups is 1. The minimum atomic E-state index is 0.0493. The number of benzene rings is 2. The zero-order valence-corrected chi connectivity index (χ0v) is 16.3. The van der Waals surface area contributed by atoms with Crippen LogP contribution in [0.15, 0.2) is 53.6 Å². The number of hydrogen-bond donors (Lipinski definition) is 1. The topological polar surface area (TPSA) is 42.0 Å². The average Bonchev–Trinajstić information content (AvgIpc) is 2.64. The van der Waals surface area contributed by atoms with E-state index in [0.717, 1.165) is 22.5 Å². The Kier molecular flexibility index (Phi) is 5.94. The molecule has 0 fully saturated rings. The number of hydrogen-bond acceptors (Lipinski definition) is 3. The molecule has 0 spiro atoms. The van der Waals surface area contributed by atoms with E-state index in [-0.39, 0.29) is 5.91 Å². The molecule has 3 rings (SSSR count). The third-order valence-electron chi connectivity index (χ3n) is 4.47. The molecule has 1 N–H and O–H groups in total. The van der Waals surface area contributed by atoms with Crippen molar-refractivity contribution in [1.82, 2.24) is 10.3 Å². The van der Waals surface area contributed by atoms with Crippen LogP contribution in [0, 0.1) is 20.8 Å². The summed E-state index contributed by atoms with van der Waals surface area (Å²) in [6, 6.07) is 16.6. The molecule has 0 unspecified atom stereocenters. The molecule has 1 amide bonds. The lowest BCUT2D eigenvalue weighted by Gasteiger charge is -2.11. The Morgan fingerprint density at radius 3 is 2.50 bits per heavy atom. The summed E-state index contributed by atoms with van der Waals surface area (Å²) in [7, 11) is 0. The number of aryl methyl sites for hydroxylation is 3. The molecule has 0 radical (unpaired) electrons. The fourth-order valence-electron chi connectivity index (χ4n) is 2.94. The lowest BCUT2D eigenvalue weighted by Crippen LogP contribution is -2.27. The highest BCUT2D eigenvalue weighted by atomic mass is 32.2. The second kappa shape index (κ2) is 8.37. The maximum absolute atomic E-state index is 12.1. The van der Waals surface area contributed by atoms with Crippen molar-refractivity contribution in [3.05, 3.63) is 70.8 Å². The molecule has 0 bridgehead atoms. The molecule has 0 saturated heterocycles. The first-order valence-corrected chi connectivity index (χ1v) is 9.84. The fraction of sp³-hybridized carbons (Fsp3) is 0.273. The van der Waals surface area contributed by atoms with Crippen LogP contribution in [0.5, 0.6) is 0 Å². The van der Waals surface area contributed by atoms with Crippen LogP contribution in [0.25, 0.3) is 10.9 Å². The molecule has 0 aliphatic heterocycles. The van der Waals surface area contributed by atoms with Crippen LogP contribution in [-0.2, 0) is 11.2 Å². The quantitative estimate of drug-likeness (QED) is 0.650. The molecule has 0 aliphatic carbocycles. The third-order valence-corrected chi connectivity index (χ3v) is 5.56. The van der Waals surface area contributed by atoms with Crippen LogP contribution in [-0.4, -0.2) is 23.2 Å². The number of fused-ring (bicyclic) bond motifs is 1. The number of carbonyl (C=O) groups is 1. The van der Waals surface area contributed by atoms with Crippen LogP contribution in [0.3, 0.4) is 0 Å². The largest absolute Gasteiger partial charge is 0.355 e. The van der Waals surface area contributed by atoms with Gasteiger partial charge in [0.05, 0.1) is 11.3 Å². The lowest BCUT2D eigenvalue weighted by molar-refractivity contribution is -0.118. The van der Waals surface area contributed by atoms with Gasteiger partial charge >= 0.3 is 0 Å². The highest BCUT2D eigenvalue weighted by molar-refractivity contribution is 7.99. The normalized spacial score (nSPS) is 10.9. The number of carbonyl (C=O) groups excluding carboxylic acids is 1. The molecular formula is C22H24N2OS. The zero-order valence-electron chi connectivity index (χ0n) is 15.5. The Bertz CT molecular complexity index is 922. The molecule has 26 heavy (non-hydrogen) atoms. The minimum Gasteiger partial charge on any atom is -0.355 e. The first-order valence-electron chi connectivity index (χ1n) is 8.85. The zero-order chi connectivity index (χ0) is 18.5. The van der Waals surface area contributed by atoms with Crippen molar-refractivity contribution in [2.75, 3.05) is 12.3 Å². The minimum absolute atomic E-state index is 0.0493. The first kappa shape index (κ1) is 18.5. The van der Waals surface area contributed by atoms with Crippen molar-refractivity contribution in [1.29, 1.82) is 0 Å². The summed E-state index contributed by atoms with van der Waals surface area (Å²) in [5, 5.41) is 5.12. The van der Waals surface area contributed by atoms with Crippen LogP contribution in [0.4, 0.5) is 0 Å². The van der Waals surface area contributed by atoms with E-state index in [4.69, 9.17) is 4.98 Å². The van der Waals surface area contributed by atoms with Gasteiger partial charge < -0.3 is 5.32 Å². The number of rotatable bonds is 6. The van der Waals surface area contributed by atoms with Gasteiger partial charge in [0.1, 0.15) is 5.03 Å². The van der Waals surface area contributed by atoms with E-state index in [1.165, 1.54) is 33.8 Å². The van der Waals surface area contributed by atoms with Gasteiger partial charge in [-0.2, -0.15) is 0 Å². The van der Waals surface area contributed by atoms with Crippen molar-refractivity contribution in [3.63, 3.8) is 0 Å². The van der Waals surface area contributed by atoms with Gasteiger partial charge in [-0.1, -0.05) is 54.2 Å². The summed E-state index contributed by atoms with van der Waals surface area (Å²) < 4.78 is 0. The van der Waals surface area contributed by atoms with Gasteiger partial charge in [-0.05, 0) is 55.5 Å². The SMILES string of the molecule is Cc1cc2c(C)ccc(C)c2nc1SCC(=O)NCCc1ccccc1. The lowest BCUT2D eigenvalue weighted by atomic mass is 10.0. The molecule has 134 valence electrons. The Morgan fingerprint density at radius 2 is 1.73 bits per heavy atom. The number of nitrogens with one attached hydrogen (secondary N) is 1. The number of aromatic nitrogens is 1. The van der Waals surface area contributed by atoms with E-state index in [1.807, 2.05) is 18.2 Å². The first-order chi connectivity index (χ1) is 12.5. The molecule has 0 aliphatic rings. The molecule has 0 atom stereocenters. The molecule has 0 saturated carbocycles. The van der Waals surface area contributed by atoms with E-state index < -0.39 is 0 Å². The highest BCUT2D eigenvalue weighted by Gasteiger charge is 2.10. The molecule has 1 heterocycles. The molecule has 1 aromatic heterocycles. The summed E-state index contributed by atoms with van der Waals surface area (Å²) in [4.78, 5) is 17.0. The van der Waals surface area contributed by atoms with E-state index in [1.54, 1.807) is 0 Å². The van der Waals surface area contributed by atoms with Crippen molar-refractivity contribution < 1.29 is 4.79 Å². The van der Waals surface area contributed by atoms with Crippen LogP contribution in [0.1, 0.15) is 22.3 Å². The van der Waals surface area contributed by atoms with E-state index in [0.29, 0.717) is 12.3 Å². The van der Waals surface area contributed by atoms with Gasteiger partial charge in [0.2, 0.25) is 5.91 Å². The summed E-state index contributed by atoms with van der Waals surface area (Å²) >= 11 is 1.51. The standard InChI is InChI=1S/C22H24N2OS/c1-15-9-10-16(2)21-19(15)13-17(3)22(24-21)26-14-20(25)23-12-11-18-7-5-4-6-8-18/h4-10,13H,11-12,14H2,1-3H3,(H,23,25). The number of nitrogens with zero attached hydrogens (tertiary/aromatic N) is 1. The predicted molar refractivity (Wildman–Crippen MR) is 110 cm³/mol. The summed E-state index contributed by atoms with van der Waals surface area (Å²) in [5.41, 5.74) is 5.78. The number of amides is 1. The van der Waals surface area contributed by atoms with Gasteiger partial charge in [0, 0.05) is 11.9 Å². The second-order valence-electron chi connectivity index (χ2n) is 6.58. The molecule has 4 heteroatoms. The molecular weight excluding hydrogens is 340 g/mol. The highest BCUT2D eigenvalue weighted by Crippen LogP contribution is 2.27. The van der Waals surface area contributed by atoms with Crippen LogP contribution >= 0.6 is 11.8 Å². The molecule has 3 aromatic rings. The van der Waals surface area contributed by atoms with E-state index >= 15 is 0 Å². The molecule has 2 aromatic carbocycles. The average molecular weight is 365 g/mol. The van der Waals surface area contributed by atoms with Crippen molar-refractivity contribution in [3.8, 4) is 0 Å². The predicted octanol–water partition coefficient (Wildman–Crippen LogP) is 4.61. The van der Waals surface area contributed by atoms with Gasteiger partial charge in [-0.25, -0.2) is 4.98 Å². The Hall–Kier alpha value is -2.33. The van der Waals surface area contributed by atoms with Crippen molar-refractivity contribution >= 4 is 28.6 Å². The fourth-order valence-corrected chi connectivity index (χ4v) is 3.75. The Balaban J connectivity index is 1.59. The van der Waals surface area contributed by atoms with E-state index in [2.05, 4.69) is 56.4 Å². The summed E-state index contributed by atoms with van der Waals surface area (Å²) in [5.74, 6) is 0.437. The smallest absolute Gasteiger partial charge is 0.230 e. The van der Waals surface area contributed by atoms with E-state index in [9.17, 15) is 4.79 Å². The van der Waals surface area contributed by atoms with Crippen LogP contribution in [0.2, 0.25) is 0 Å². The number of pyridine rings is 1. The van der Waals surface area contributed by atoms with Crippen molar-refractivity contribution in [2.45, 2.75) is 32.2 Å². The maximum atomic E-state index is 12.1. The third kappa shape index (κ3) is 4.44. The monoisotopic (exact) mass is 364 g/mol. The maximum Gasteiger partial charge on any atom is 0.230 e. The van der Waals surface area contributed by atoms with Gasteiger partial charge in [0.25, 0.3) is 0 Å². The van der Waals surface area contributed by atoms with Gasteiger partial charge in [-0.3, -0.25) is 4.79 Å². The van der Waals surface area contributed by atoms with Crippen molar-refractivity contribution in [2.24, 2.45) is 0 Å². The second-order valence-corrected chi connectivity index (χ2v) is 7.54. The Labute approximate surface area is 159 Å². The Morgan fingerprint density at radius 1 is 1.00 bits per heavy atom. The molecule has 3 nitrogen and oxygen atoms in total. The summed E-state index contributed by atoms with van der Waals surface area (Å²) in [6.07, 6.45) is 0.850.